The molecule has 2 rings (SSSR count). The average Bonchev–Trinajstić information content (AvgIpc) is 2.46. The molecule has 1 aliphatic heterocycles. The molecule has 0 amide bonds. The SMILES string of the molecule is CC(C)C(NC1CCN(C(C)C)CC1)c1ccccc1. The number of rotatable bonds is 5. The molecule has 1 fully saturated rings. The van der Waals surface area contributed by atoms with E-state index >= 15 is 0 Å². The number of benzene rings is 1. The van der Waals surface area contributed by atoms with Crippen molar-refractivity contribution < 1.29 is 0 Å². The quantitative estimate of drug-likeness (QED) is 0.877. The van der Waals surface area contributed by atoms with E-state index in [1.165, 1.54) is 31.5 Å². The fourth-order valence-corrected chi connectivity index (χ4v) is 3.17. The molecule has 1 heterocycles. The van der Waals surface area contributed by atoms with Crippen LogP contribution in [-0.2, 0) is 0 Å². The van der Waals surface area contributed by atoms with Gasteiger partial charge in [0.2, 0.25) is 0 Å². The predicted molar refractivity (Wildman–Crippen MR) is 86.9 cm³/mol. The Labute approximate surface area is 124 Å². The fraction of sp³-hybridized carbons (Fsp3) is 0.667. The van der Waals surface area contributed by atoms with Gasteiger partial charge in [0, 0.05) is 18.1 Å². The molecule has 1 aliphatic rings. The van der Waals surface area contributed by atoms with Gasteiger partial charge in [-0.25, -0.2) is 0 Å². The van der Waals surface area contributed by atoms with E-state index in [9.17, 15) is 0 Å². The molecule has 1 aromatic carbocycles. The van der Waals surface area contributed by atoms with Crippen molar-refractivity contribution in [2.45, 2.75) is 58.7 Å². The van der Waals surface area contributed by atoms with Crippen LogP contribution in [0.5, 0.6) is 0 Å². The Balaban J connectivity index is 1.94. The Bertz CT molecular complexity index is 378. The van der Waals surface area contributed by atoms with Crippen LogP contribution >= 0.6 is 0 Å². The zero-order valence-electron chi connectivity index (χ0n) is 13.5. The van der Waals surface area contributed by atoms with E-state index in [-0.39, 0.29) is 0 Å². The van der Waals surface area contributed by atoms with Crippen molar-refractivity contribution in [3.05, 3.63) is 35.9 Å². The smallest absolute Gasteiger partial charge is 0.0345 e. The third-order valence-corrected chi connectivity index (χ3v) is 4.50. The molecule has 1 saturated heterocycles. The highest BCUT2D eigenvalue weighted by atomic mass is 15.2. The lowest BCUT2D eigenvalue weighted by atomic mass is 9.93. The summed E-state index contributed by atoms with van der Waals surface area (Å²) in [6.07, 6.45) is 2.54. The summed E-state index contributed by atoms with van der Waals surface area (Å²) in [6.45, 7) is 11.7. The normalized spacial score (nSPS) is 19.7. The number of nitrogens with one attached hydrogen (secondary N) is 1. The van der Waals surface area contributed by atoms with Gasteiger partial charge < -0.3 is 10.2 Å². The molecule has 1 aromatic rings. The summed E-state index contributed by atoms with van der Waals surface area (Å²) in [6, 6.07) is 12.7. The molecule has 0 radical (unpaired) electrons. The van der Waals surface area contributed by atoms with Crippen molar-refractivity contribution in [3.63, 3.8) is 0 Å². The van der Waals surface area contributed by atoms with Crippen molar-refractivity contribution in [1.29, 1.82) is 0 Å². The molecule has 0 aromatic heterocycles. The van der Waals surface area contributed by atoms with E-state index in [2.05, 4.69) is 68.2 Å². The summed E-state index contributed by atoms with van der Waals surface area (Å²) in [5.74, 6) is 0.625. The first-order valence-corrected chi connectivity index (χ1v) is 8.13. The lowest BCUT2D eigenvalue weighted by molar-refractivity contribution is 0.152. The topological polar surface area (TPSA) is 15.3 Å². The van der Waals surface area contributed by atoms with Gasteiger partial charge in [-0.3, -0.25) is 0 Å². The standard InChI is InChI=1S/C18H30N2/c1-14(2)18(16-8-6-5-7-9-16)19-17-10-12-20(13-11-17)15(3)4/h5-9,14-15,17-19H,10-13H2,1-4H3. The van der Waals surface area contributed by atoms with Crippen molar-refractivity contribution in [1.82, 2.24) is 10.2 Å². The summed E-state index contributed by atoms with van der Waals surface area (Å²) in [5.41, 5.74) is 1.42. The second-order valence-electron chi connectivity index (χ2n) is 6.70. The molecule has 2 heteroatoms. The van der Waals surface area contributed by atoms with E-state index < -0.39 is 0 Å². The van der Waals surface area contributed by atoms with Gasteiger partial charge in [0.05, 0.1) is 0 Å². The molecule has 0 bridgehead atoms. The summed E-state index contributed by atoms with van der Waals surface area (Å²) in [7, 11) is 0. The van der Waals surface area contributed by atoms with Crippen molar-refractivity contribution >= 4 is 0 Å². The van der Waals surface area contributed by atoms with Gasteiger partial charge >= 0.3 is 0 Å². The minimum absolute atomic E-state index is 0.479. The van der Waals surface area contributed by atoms with Gasteiger partial charge in [0.1, 0.15) is 0 Å². The van der Waals surface area contributed by atoms with Crippen LogP contribution in [0, 0.1) is 5.92 Å². The summed E-state index contributed by atoms with van der Waals surface area (Å²) in [4.78, 5) is 2.59. The Morgan fingerprint density at radius 3 is 2.10 bits per heavy atom. The van der Waals surface area contributed by atoms with E-state index in [0.29, 0.717) is 24.0 Å². The minimum atomic E-state index is 0.479. The van der Waals surface area contributed by atoms with Gasteiger partial charge in [-0.1, -0.05) is 44.2 Å². The predicted octanol–water partition coefficient (Wildman–Crippen LogP) is 3.85. The number of hydrogen-bond donors (Lipinski definition) is 1. The molecular weight excluding hydrogens is 244 g/mol. The molecule has 0 spiro atoms. The first-order chi connectivity index (χ1) is 9.58. The van der Waals surface area contributed by atoms with E-state index in [1.807, 2.05) is 0 Å². The highest BCUT2D eigenvalue weighted by Crippen LogP contribution is 2.24. The van der Waals surface area contributed by atoms with Crippen molar-refractivity contribution in [3.8, 4) is 0 Å². The third-order valence-electron chi connectivity index (χ3n) is 4.50. The fourth-order valence-electron chi connectivity index (χ4n) is 3.17. The second-order valence-corrected chi connectivity index (χ2v) is 6.70. The van der Waals surface area contributed by atoms with Gasteiger partial charge in [-0.15, -0.1) is 0 Å². The van der Waals surface area contributed by atoms with Crippen molar-refractivity contribution in [2.75, 3.05) is 13.1 Å². The van der Waals surface area contributed by atoms with Crippen LogP contribution in [0.3, 0.4) is 0 Å². The summed E-state index contributed by atoms with van der Waals surface area (Å²) < 4.78 is 0. The zero-order valence-corrected chi connectivity index (χ0v) is 13.5. The molecule has 0 aliphatic carbocycles. The molecule has 0 saturated carbocycles. The monoisotopic (exact) mass is 274 g/mol. The van der Waals surface area contributed by atoms with Crippen LogP contribution in [0.1, 0.15) is 52.1 Å². The lowest BCUT2D eigenvalue weighted by Crippen LogP contribution is -2.46. The van der Waals surface area contributed by atoms with E-state index in [0.717, 1.165) is 0 Å². The number of piperidine rings is 1. The van der Waals surface area contributed by atoms with Crippen LogP contribution in [0.4, 0.5) is 0 Å². The van der Waals surface area contributed by atoms with Gasteiger partial charge in [-0.2, -0.15) is 0 Å². The highest BCUT2D eigenvalue weighted by Gasteiger charge is 2.24. The van der Waals surface area contributed by atoms with E-state index in [4.69, 9.17) is 0 Å². The third kappa shape index (κ3) is 4.07. The lowest BCUT2D eigenvalue weighted by Gasteiger charge is -2.37. The summed E-state index contributed by atoms with van der Waals surface area (Å²) in [5, 5.41) is 3.90. The van der Waals surface area contributed by atoms with Crippen LogP contribution in [0.25, 0.3) is 0 Å². The molecular formula is C18H30N2. The second kappa shape index (κ2) is 7.24. The largest absolute Gasteiger partial charge is 0.307 e. The van der Waals surface area contributed by atoms with Gasteiger partial charge in [0.25, 0.3) is 0 Å². The number of nitrogens with zero attached hydrogens (tertiary/aromatic N) is 1. The highest BCUT2D eigenvalue weighted by molar-refractivity contribution is 5.19. The first-order valence-electron chi connectivity index (χ1n) is 8.13. The molecule has 1 unspecified atom stereocenters. The molecule has 2 nitrogen and oxygen atoms in total. The summed E-state index contributed by atoms with van der Waals surface area (Å²) >= 11 is 0. The zero-order chi connectivity index (χ0) is 14.5. The maximum absolute atomic E-state index is 3.90. The maximum Gasteiger partial charge on any atom is 0.0345 e. The van der Waals surface area contributed by atoms with Gasteiger partial charge in [-0.05, 0) is 51.3 Å². The van der Waals surface area contributed by atoms with Crippen LogP contribution in [0.2, 0.25) is 0 Å². The Kier molecular flexibility index (Phi) is 5.62. The number of likely N-dealkylation sites (tertiary alicyclic amines) is 1. The average molecular weight is 274 g/mol. The molecule has 1 N–H and O–H groups in total. The molecule has 20 heavy (non-hydrogen) atoms. The molecule has 112 valence electrons. The maximum atomic E-state index is 3.90. The van der Waals surface area contributed by atoms with Crippen LogP contribution in [-0.4, -0.2) is 30.1 Å². The van der Waals surface area contributed by atoms with Crippen molar-refractivity contribution in [2.24, 2.45) is 5.92 Å². The first kappa shape index (κ1) is 15.5. The number of hydrogen-bond acceptors (Lipinski definition) is 2. The Morgan fingerprint density at radius 2 is 1.60 bits per heavy atom. The Morgan fingerprint density at radius 1 is 1.00 bits per heavy atom. The Hall–Kier alpha value is -0.860. The van der Waals surface area contributed by atoms with Crippen LogP contribution in [0.15, 0.2) is 30.3 Å². The minimum Gasteiger partial charge on any atom is -0.307 e. The van der Waals surface area contributed by atoms with Gasteiger partial charge in [0.15, 0.2) is 0 Å². The van der Waals surface area contributed by atoms with Crippen LogP contribution < -0.4 is 5.32 Å². The van der Waals surface area contributed by atoms with E-state index in [1.54, 1.807) is 0 Å². The molecule has 1 atom stereocenters.